The number of unbranched alkanes of at least 4 members (excludes halogenated alkanes) is 1. The van der Waals surface area contributed by atoms with Gasteiger partial charge in [0.1, 0.15) is 0 Å². The molecule has 1 N–H and O–H groups in total. The first-order valence-corrected chi connectivity index (χ1v) is 11.1. The van der Waals surface area contributed by atoms with Crippen molar-refractivity contribution < 1.29 is 9.59 Å². The van der Waals surface area contributed by atoms with Gasteiger partial charge in [-0.25, -0.2) is 4.98 Å². The molecule has 1 heterocycles. The molecule has 3 aromatic rings. The Kier molecular flexibility index (Phi) is 7.21. The molecule has 0 fully saturated rings. The summed E-state index contributed by atoms with van der Waals surface area (Å²) in [6.45, 7) is 6.06. The first-order valence-electron chi connectivity index (χ1n) is 10.3. The summed E-state index contributed by atoms with van der Waals surface area (Å²) in [5, 5.41) is 4.06. The van der Waals surface area contributed by atoms with Crippen LogP contribution in [0.25, 0.3) is 10.2 Å². The predicted octanol–water partition coefficient (Wildman–Crippen LogP) is 5.03. The van der Waals surface area contributed by atoms with Crippen LogP contribution < -0.4 is 5.32 Å². The zero-order valence-corrected chi connectivity index (χ0v) is 18.9. The number of fused-ring (bicyclic) bond motifs is 1. The van der Waals surface area contributed by atoms with Gasteiger partial charge in [0.2, 0.25) is 11.8 Å². The molecule has 0 saturated carbocycles. The molecular formula is C24H29N3O2S. The van der Waals surface area contributed by atoms with E-state index in [1.54, 1.807) is 18.4 Å². The molecule has 3 rings (SSSR count). The third-order valence-electron chi connectivity index (χ3n) is 5.12. The van der Waals surface area contributed by atoms with E-state index in [1.807, 2.05) is 51.1 Å². The molecule has 6 heteroatoms. The fourth-order valence-electron chi connectivity index (χ4n) is 3.63. The second-order valence-corrected chi connectivity index (χ2v) is 8.97. The van der Waals surface area contributed by atoms with Crippen molar-refractivity contribution in [2.75, 3.05) is 18.9 Å². The van der Waals surface area contributed by atoms with Crippen LogP contribution in [0.5, 0.6) is 0 Å². The number of thiazole rings is 1. The van der Waals surface area contributed by atoms with Crippen molar-refractivity contribution in [3.8, 4) is 0 Å². The third-order valence-corrected chi connectivity index (χ3v) is 6.21. The number of anilines is 1. The smallest absolute Gasteiger partial charge is 0.243 e. The number of carbonyl (C=O) groups is 2. The quantitative estimate of drug-likeness (QED) is 0.517. The molecule has 158 valence electrons. The molecule has 0 aliphatic carbocycles. The average Bonchev–Trinajstić information content (AvgIpc) is 3.10. The highest BCUT2D eigenvalue weighted by Crippen LogP contribution is 2.23. The number of amides is 2. The number of aromatic nitrogens is 1. The van der Waals surface area contributed by atoms with Gasteiger partial charge in [-0.15, -0.1) is 11.3 Å². The summed E-state index contributed by atoms with van der Waals surface area (Å²) in [7, 11) is 1.68. The molecule has 0 spiro atoms. The Balaban J connectivity index is 1.42. The molecule has 2 amide bonds. The van der Waals surface area contributed by atoms with Gasteiger partial charge in [0, 0.05) is 19.2 Å². The Bertz CT molecular complexity index is 1000. The minimum Gasteiger partial charge on any atom is -0.336 e. The summed E-state index contributed by atoms with van der Waals surface area (Å²) in [6.07, 6.45) is 3.02. The van der Waals surface area contributed by atoms with E-state index in [9.17, 15) is 9.59 Å². The first kappa shape index (κ1) is 22.0. The van der Waals surface area contributed by atoms with E-state index in [0.29, 0.717) is 6.42 Å². The average molecular weight is 424 g/mol. The number of aryl methyl sites for hydroxylation is 4. The van der Waals surface area contributed by atoms with Crippen molar-refractivity contribution >= 4 is 39.1 Å². The maximum atomic E-state index is 12.4. The number of nitrogens with one attached hydrogen (secondary N) is 1. The van der Waals surface area contributed by atoms with E-state index < -0.39 is 0 Å². The molecule has 0 saturated heterocycles. The molecule has 0 unspecified atom stereocenters. The van der Waals surface area contributed by atoms with Crippen LogP contribution in [-0.4, -0.2) is 35.3 Å². The van der Waals surface area contributed by atoms with Crippen molar-refractivity contribution in [1.82, 2.24) is 9.88 Å². The van der Waals surface area contributed by atoms with Gasteiger partial charge in [-0.1, -0.05) is 29.8 Å². The summed E-state index contributed by atoms with van der Waals surface area (Å²) in [6, 6.07) is 12.2. The van der Waals surface area contributed by atoms with Gasteiger partial charge < -0.3 is 10.2 Å². The van der Waals surface area contributed by atoms with Crippen molar-refractivity contribution in [3.63, 3.8) is 0 Å². The summed E-state index contributed by atoms with van der Waals surface area (Å²) in [4.78, 5) is 30.9. The lowest BCUT2D eigenvalue weighted by Gasteiger charge is -2.18. The molecular weight excluding hydrogens is 394 g/mol. The maximum Gasteiger partial charge on any atom is 0.243 e. The topological polar surface area (TPSA) is 62.3 Å². The second kappa shape index (κ2) is 9.85. The van der Waals surface area contributed by atoms with Crippen molar-refractivity contribution in [2.24, 2.45) is 0 Å². The van der Waals surface area contributed by atoms with Gasteiger partial charge in [-0.2, -0.15) is 0 Å². The standard InChI is InChI=1S/C24H29N3O2S/c1-16-13-17(2)24(18(3)14-16)26-21(28)15-27(4)23(29)12-8-7-11-22-25-19-9-5-6-10-20(19)30-22/h5-6,9-10,13-14H,7-8,11-12,15H2,1-4H3,(H,26,28). The van der Waals surface area contributed by atoms with Crippen LogP contribution in [0.15, 0.2) is 36.4 Å². The van der Waals surface area contributed by atoms with Crippen molar-refractivity contribution in [1.29, 1.82) is 0 Å². The lowest BCUT2D eigenvalue weighted by atomic mass is 10.1. The number of para-hydroxylation sites is 1. The van der Waals surface area contributed by atoms with E-state index >= 15 is 0 Å². The number of likely N-dealkylation sites (N-methyl/N-ethyl adjacent to an activating group) is 1. The van der Waals surface area contributed by atoms with Crippen LogP contribution in [-0.2, 0) is 16.0 Å². The Hall–Kier alpha value is -2.73. The number of nitrogens with zero attached hydrogens (tertiary/aromatic N) is 2. The minimum absolute atomic E-state index is 0.00759. The zero-order chi connectivity index (χ0) is 21.7. The molecule has 5 nitrogen and oxygen atoms in total. The van der Waals surface area contributed by atoms with Gasteiger partial charge in [-0.3, -0.25) is 9.59 Å². The molecule has 0 aliphatic rings. The van der Waals surface area contributed by atoms with Gasteiger partial charge in [0.25, 0.3) is 0 Å². The molecule has 1 aromatic heterocycles. The van der Waals surface area contributed by atoms with E-state index in [2.05, 4.69) is 16.4 Å². The summed E-state index contributed by atoms with van der Waals surface area (Å²) in [5.41, 5.74) is 5.11. The van der Waals surface area contributed by atoms with Gasteiger partial charge in [0.15, 0.2) is 0 Å². The van der Waals surface area contributed by atoms with E-state index in [-0.39, 0.29) is 18.4 Å². The zero-order valence-electron chi connectivity index (χ0n) is 18.1. The van der Waals surface area contributed by atoms with Crippen LogP contribution in [0, 0.1) is 20.8 Å². The molecule has 2 aromatic carbocycles. The Morgan fingerprint density at radius 1 is 1.07 bits per heavy atom. The van der Waals surface area contributed by atoms with Crippen molar-refractivity contribution in [2.45, 2.75) is 46.5 Å². The lowest BCUT2D eigenvalue weighted by molar-refractivity contribution is -0.133. The SMILES string of the molecule is Cc1cc(C)c(NC(=O)CN(C)C(=O)CCCCc2nc3ccccc3s2)c(C)c1. The molecule has 0 atom stereocenters. The molecule has 30 heavy (non-hydrogen) atoms. The van der Waals surface area contributed by atoms with Gasteiger partial charge in [0.05, 0.1) is 21.8 Å². The summed E-state index contributed by atoms with van der Waals surface area (Å²) in [5.74, 6) is -0.179. The minimum atomic E-state index is -0.171. The Labute approximate surface area is 182 Å². The highest BCUT2D eigenvalue weighted by atomic mass is 32.1. The second-order valence-electron chi connectivity index (χ2n) is 7.85. The Morgan fingerprint density at radius 3 is 2.47 bits per heavy atom. The largest absolute Gasteiger partial charge is 0.336 e. The molecule has 0 bridgehead atoms. The van der Waals surface area contributed by atoms with Gasteiger partial charge >= 0.3 is 0 Å². The lowest BCUT2D eigenvalue weighted by Crippen LogP contribution is -2.35. The normalized spacial score (nSPS) is 10.9. The van der Waals surface area contributed by atoms with Crippen LogP contribution >= 0.6 is 11.3 Å². The number of hydrogen-bond donors (Lipinski definition) is 1. The van der Waals surface area contributed by atoms with E-state index in [0.717, 1.165) is 46.6 Å². The number of rotatable bonds is 8. The monoisotopic (exact) mass is 423 g/mol. The van der Waals surface area contributed by atoms with Crippen LogP contribution in [0.1, 0.15) is 41.0 Å². The van der Waals surface area contributed by atoms with Crippen molar-refractivity contribution in [3.05, 3.63) is 58.1 Å². The van der Waals surface area contributed by atoms with Crippen LogP contribution in [0.4, 0.5) is 5.69 Å². The Morgan fingerprint density at radius 2 is 1.77 bits per heavy atom. The fraction of sp³-hybridized carbons (Fsp3) is 0.375. The highest BCUT2D eigenvalue weighted by molar-refractivity contribution is 7.18. The highest BCUT2D eigenvalue weighted by Gasteiger charge is 2.15. The van der Waals surface area contributed by atoms with Gasteiger partial charge in [-0.05, 0) is 63.3 Å². The molecule has 0 aliphatic heterocycles. The number of benzene rings is 2. The number of hydrogen-bond acceptors (Lipinski definition) is 4. The number of carbonyl (C=O) groups excluding carboxylic acids is 2. The predicted molar refractivity (Wildman–Crippen MR) is 124 cm³/mol. The summed E-state index contributed by atoms with van der Waals surface area (Å²) >= 11 is 1.72. The summed E-state index contributed by atoms with van der Waals surface area (Å²) < 4.78 is 1.20. The van der Waals surface area contributed by atoms with E-state index in [1.165, 1.54) is 15.2 Å². The maximum absolute atomic E-state index is 12.4. The van der Waals surface area contributed by atoms with E-state index in [4.69, 9.17) is 0 Å². The van der Waals surface area contributed by atoms with Crippen LogP contribution in [0.2, 0.25) is 0 Å². The molecule has 0 radical (unpaired) electrons. The third kappa shape index (κ3) is 5.66. The van der Waals surface area contributed by atoms with Crippen LogP contribution in [0.3, 0.4) is 0 Å². The fourth-order valence-corrected chi connectivity index (χ4v) is 4.64. The first-order chi connectivity index (χ1) is 14.3.